The third-order valence-corrected chi connectivity index (χ3v) is 4.21. The Kier molecular flexibility index (Phi) is 6.58. The van der Waals surface area contributed by atoms with Crippen molar-refractivity contribution in [2.45, 2.75) is 6.61 Å². The summed E-state index contributed by atoms with van der Waals surface area (Å²) in [6.07, 6.45) is 2.58. The van der Waals surface area contributed by atoms with E-state index < -0.39 is 4.92 Å². The molecule has 0 unspecified atom stereocenters. The Labute approximate surface area is 174 Å². The maximum absolute atomic E-state index is 13.2. The number of nitro groups is 1. The molecule has 0 saturated heterocycles. The van der Waals surface area contributed by atoms with Crippen molar-refractivity contribution in [2.24, 2.45) is 5.10 Å². The SMILES string of the molecule is O=[N+]([O-])c1ccc(N/N=C\c2cc(Cl)c(OCc3cccc(F)c3)c(Cl)c2)nc1. The molecule has 0 amide bonds. The molecule has 0 radical (unpaired) electrons. The second-order valence-electron chi connectivity index (χ2n) is 5.76. The summed E-state index contributed by atoms with van der Waals surface area (Å²) < 4.78 is 18.9. The molecule has 2 aromatic carbocycles. The number of hydrazone groups is 1. The van der Waals surface area contributed by atoms with Crippen molar-refractivity contribution >= 4 is 40.9 Å². The van der Waals surface area contributed by atoms with E-state index >= 15 is 0 Å². The number of ether oxygens (including phenoxy) is 1. The first-order valence-corrected chi connectivity index (χ1v) is 8.94. The lowest BCUT2D eigenvalue weighted by Crippen LogP contribution is -1.98. The number of hydrogen-bond donors (Lipinski definition) is 1. The lowest BCUT2D eigenvalue weighted by molar-refractivity contribution is -0.385. The van der Waals surface area contributed by atoms with Crippen molar-refractivity contribution in [2.75, 3.05) is 5.43 Å². The Morgan fingerprint density at radius 2 is 1.97 bits per heavy atom. The van der Waals surface area contributed by atoms with Gasteiger partial charge in [-0.1, -0.05) is 35.3 Å². The molecule has 148 valence electrons. The molecule has 3 rings (SSSR count). The van der Waals surface area contributed by atoms with Gasteiger partial charge in [0.15, 0.2) is 5.75 Å². The van der Waals surface area contributed by atoms with E-state index in [1.165, 1.54) is 30.5 Å². The van der Waals surface area contributed by atoms with Crippen LogP contribution < -0.4 is 10.2 Å². The third kappa shape index (κ3) is 5.63. The van der Waals surface area contributed by atoms with Crippen LogP contribution in [0.3, 0.4) is 0 Å². The number of nitrogens with zero attached hydrogens (tertiary/aromatic N) is 3. The molecule has 10 heteroatoms. The first kappa shape index (κ1) is 20.5. The van der Waals surface area contributed by atoms with Crippen LogP contribution in [0, 0.1) is 15.9 Å². The van der Waals surface area contributed by atoms with Gasteiger partial charge in [0.05, 0.1) is 21.2 Å². The number of rotatable bonds is 7. The molecule has 0 bridgehead atoms. The zero-order valence-electron chi connectivity index (χ0n) is 14.7. The Morgan fingerprint density at radius 1 is 1.21 bits per heavy atom. The molecule has 0 saturated carbocycles. The highest BCUT2D eigenvalue weighted by molar-refractivity contribution is 6.37. The van der Waals surface area contributed by atoms with Gasteiger partial charge in [-0.15, -0.1) is 0 Å². The van der Waals surface area contributed by atoms with E-state index in [1.54, 1.807) is 24.3 Å². The summed E-state index contributed by atoms with van der Waals surface area (Å²) in [4.78, 5) is 13.9. The number of pyridine rings is 1. The van der Waals surface area contributed by atoms with E-state index in [1.807, 2.05) is 0 Å². The molecule has 1 heterocycles. The second kappa shape index (κ2) is 9.31. The van der Waals surface area contributed by atoms with Crippen molar-refractivity contribution < 1.29 is 14.1 Å². The molecular formula is C19H13Cl2FN4O3. The summed E-state index contributed by atoms with van der Waals surface area (Å²) >= 11 is 12.5. The topological polar surface area (TPSA) is 89.7 Å². The average molecular weight is 435 g/mol. The van der Waals surface area contributed by atoms with Crippen LogP contribution in [0.25, 0.3) is 0 Å². The van der Waals surface area contributed by atoms with Gasteiger partial charge in [0, 0.05) is 6.07 Å². The quantitative estimate of drug-likeness (QED) is 0.302. The maximum atomic E-state index is 13.2. The van der Waals surface area contributed by atoms with E-state index in [-0.39, 0.29) is 33.9 Å². The maximum Gasteiger partial charge on any atom is 0.287 e. The van der Waals surface area contributed by atoms with Gasteiger partial charge < -0.3 is 4.74 Å². The van der Waals surface area contributed by atoms with E-state index in [2.05, 4.69) is 15.5 Å². The lowest BCUT2D eigenvalue weighted by atomic mass is 10.2. The van der Waals surface area contributed by atoms with Gasteiger partial charge in [-0.05, 0) is 41.5 Å². The molecule has 0 atom stereocenters. The fourth-order valence-corrected chi connectivity index (χ4v) is 2.92. The number of benzene rings is 2. The predicted octanol–water partition coefficient (Wildman–Crippen LogP) is 5.46. The van der Waals surface area contributed by atoms with Gasteiger partial charge in [0.25, 0.3) is 5.69 Å². The molecule has 29 heavy (non-hydrogen) atoms. The van der Waals surface area contributed by atoms with Crippen LogP contribution in [0.4, 0.5) is 15.9 Å². The molecule has 3 aromatic rings. The highest BCUT2D eigenvalue weighted by Gasteiger charge is 2.10. The molecular weight excluding hydrogens is 422 g/mol. The van der Waals surface area contributed by atoms with Gasteiger partial charge in [0.1, 0.15) is 24.4 Å². The molecule has 1 aromatic heterocycles. The lowest BCUT2D eigenvalue weighted by Gasteiger charge is -2.11. The first-order chi connectivity index (χ1) is 13.9. The average Bonchev–Trinajstić information content (AvgIpc) is 2.68. The van der Waals surface area contributed by atoms with E-state index in [0.29, 0.717) is 16.9 Å². The molecule has 0 aliphatic carbocycles. The van der Waals surface area contributed by atoms with Crippen LogP contribution in [0.5, 0.6) is 5.75 Å². The van der Waals surface area contributed by atoms with Gasteiger partial charge in [-0.3, -0.25) is 15.5 Å². The zero-order valence-corrected chi connectivity index (χ0v) is 16.2. The van der Waals surface area contributed by atoms with Crippen LogP contribution in [-0.2, 0) is 6.61 Å². The fourth-order valence-electron chi connectivity index (χ4n) is 2.31. The largest absolute Gasteiger partial charge is 0.486 e. The molecule has 7 nitrogen and oxygen atoms in total. The first-order valence-electron chi connectivity index (χ1n) is 8.18. The Hall–Kier alpha value is -3.23. The predicted molar refractivity (Wildman–Crippen MR) is 109 cm³/mol. The second-order valence-corrected chi connectivity index (χ2v) is 6.58. The summed E-state index contributed by atoms with van der Waals surface area (Å²) in [6.45, 7) is 0.109. The zero-order chi connectivity index (χ0) is 20.8. The van der Waals surface area contributed by atoms with Gasteiger partial charge in [-0.25, -0.2) is 9.37 Å². The van der Waals surface area contributed by atoms with E-state index in [4.69, 9.17) is 27.9 Å². The minimum Gasteiger partial charge on any atom is -0.486 e. The van der Waals surface area contributed by atoms with E-state index in [0.717, 1.165) is 6.20 Å². The van der Waals surface area contributed by atoms with Crippen molar-refractivity contribution in [1.29, 1.82) is 0 Å². The fraction of sp³-hybridized carbons (Fsp3) is 0.0526. The summed E-state index contributed by atoms with van der Waals surface area (Å²) in [6, 6.07) is 12.0. The summed E-state index contributed by atoms with van der Waals surface area (Å²) in [5, 5.41) is 15.1. The van der Waals surface area contributed by atoms with Crippen molar-refractivity contribution in [3.8, 4) is 5.75 Å². The molecule has 0 spiro atoms. The number of nitrogens with one attached hydrogen (secondary N) is 1. The highest BCUT2D eigenvalue weighted by atomic mass is 35.5. The van der Waals surface area contributed by atoms with Crippen LogP contribution in [-0.4, -0.2) is 16.1 Å². The molecule has 1 N–H and O–H groups in total. The molecule has 0 fully saturated rings. The molecule has 0 aliphatic heterocycles. The van der Waals surface area contributed by atoms with Crippen molar-refractivity contribution in [3.05, 3.63) is 91.8 Å². The van der Waals surface area contributed by atoms with Crippen molar-refractivity contribution in [3.63, 3.8) is 0 Å². The van der Waals surface area contributed by atoms with Crippen LogP contribution in [0.15, 0.2) is 59.8 Å². The normalized spacial score (nSPS) is 10.9. The Morgan fingerprint density at radius 3 is 2.59 bits per heavy atom. The van der Waals surface area contributed by atoms with Gasteiger partial charge in [-0.2, -0.15) is 5.10 Å². The minimum absolute atomic E-state index is 0.109. The number of hydrogen-bond acceptors (Lipinski definition) is 6. The minimum atomic E-state index is -0.540. The number of aromatic nitrogens is 1. The van der Waals surface area contributed by atoms with Crippen molar-refractivity contribution in [1.82, 2.24) is 4.98 Å². The highest BCUT2D eigenvalue weighted by Crippen LogP contribution is 2.34. The third-order valence-electron chi connectivity index (χ3n) is 3.64. The summed E-state index contributed by atoms with van der Waals surface area (Å²) in [5.41, 5.74) is 3.76. The van der Waals surface area contributed by atoms with Crippen LogP contribution >= 0.6 is 23.2 Å². The number of anilines is 1. The van der Waals surface area contributed by atoms with Gasteiger partial charge in [0.2, 0.25) is 0 Å². The Balaban J connectivity index is 1.65. The number of halogens is 3. The standard InChI is InChI=1S/C19H13Cl2FN4O3/c20-16-7-13(9-24-25-18-5-4-15(10-23-18)26(27)28)8-17(21)19(16)29-11-12-2-1-3-14(22)6-12/h1-10H,11H2,(H,23,25)/b24-9-. The van der Waals surface area contributed by atoms with E-state index in [9.17, 15) is 14.5 Å². The Bertz CT molecular complexity index is 1040. The van der Waals surface area contributed by atoms with Crippen LogP contribution in [0.1, 0.15) is 11.1 Å². The van der Waals surface area contributed by atoms with Crippen LogP contribution in [0.2, 0.25) is 10.0 Å². The van der Waals surface area contributed by atoms with Gasteiger partial charge >= 0.3 is 0 Å². The summed E-state index contributed by atoms with van der Waals surface area (Å²) in [5.74, 6) is 0.253. The summed E-state index contributed by atoms with van der Waals surface area (Å²) in [7, 11) is 0. The smallest absolute Gasteiger partial charge is 0.287 e. The molecule has 0 aliphatic rings. The monoisotopic (exact) mass is 434 g/mol.